The van der Waals surface area contributed by atoms with Crippen LogP contribution in [0.1, 0.15) is 46.1 Å². The van der Waals surface area contributed by atoms with Crippen LogP contribution in [-0.2, 0) is 27.4 Å². The van der Waals surface area contributed by atoms with Crippen molar-refractivity contribution in [2.24, 2.45) is 0 Å². The summed E-state index contributed by atoms with van der Waals surface area (Å²) in [6.45, 7) is 5.07. The fourth-order valence-electron chi connectivity index (χ4n) is 5.05. The third kappa shape index (κ3) is 6.00. The molecule has 2 fully saturated rings. The van der Waals surface area contributed by atoms with Gasteiger partial charge in [-0.3, -0.25) is 29.5 Å². The van der Waals surface area contributed by atoms with E-state index >= 15 is 0 Å². The molecule has 3 aliphatic heterocycles. The number of rotatable bonds is 8. The summed E-state index contributed by atoms with van der Waals surface area (Å²) in [6, 6.07) is 9.98. The largest absolute Gasteiger partial charge is 0.491 e. The highest BCUT2D eigenvalue weighted by atomic mass is 35.5. The molecule has 0 aliphatic carbocycles. The Kier molecular flexibility index (Phi) is 8.25. The number of hydrogen-bond donors (Lipinski definition) is 3. The number of nitrogens with zero attached hydrogens (tertiary/aromatic N) is 2. The van der Waals surface area contributed by atoms with Crippen LogP contribution in [0.2, 0.25) is 5.02 Å². The lowest BCUT2D eigenvalue weighted by atomic mass is 10.0. The van der Waals surface area contributed by atoms with Crippen LogP contribution in [0.3, 0.4) is 0 Å². The van der Waals surface area contributed by atoms with Crippen molar-refractivity contribution in [3.63, 3.8) is 0 Å². The second kappa shape index (κ2) is 11.8. The smallest absolute Gasteiger partial charge is 0.251 e. The number of imide groups is 1. The van der Waals surface area contributed by atoms with E-state index in [0.717, 1.165) is 49.5 Å². The highest BCUT2D eigenvalue weighted by molar-refractivity contribution is 6.32. The molecule has 10 nitrogen and oxygen atoms in total. The van der Waals surface area contributed by atoms with E-state index in [1.165, 1.54) is 0 Å². The van der Waals surface area contributed by atoms with E-state index in [4.69, 9.17) is 21.1 Å². The lowest BCUT2D eigenvalue weighted by molar-refractivity contribution is -0.141. The number of piperidine rings is 1. The molecule has 3 heterocycles. The third-order valence-electron chi connectivity index (χ3n) is 7.18. The maximum atomic E-state index is 12.9. The monoisotopic (exact) mass is 542 g/mol. The Morgan fingerprint density at radius 1 is 1.18 bits per heavy atom. The summed E-state index contributed by atoms with van der Waals surface area (Å²) in [4.78, 5) is 40.6. The molecule has 202 valence electrons. The van der Waals surface area contributed by atoms with E-state index < -0.39 is 12.3 Å². The third-order valence-corrected chi connectivity index (χ3v) is 7.49. The Morgan fingerprint density at radius 3 is 2.79 bits per heavy atom. The van der Waals surface area contributed by atoms with E-state index in [2.05, 4.69) is 15.5 Å². The van der Waals surface area contributed by atoms with Gasteiger partial charge in [0.25, 0.3) is 5.91 Å². The van der Waals surface area contributed by atoms with Gasteiger partial charge in [0.1, 0.15) is 18.6 Å². The minimum atomic E-state index is -0.923. The first-order chi connectivity index (χ1) is 18.4. The maximum Gasteiger partial charge on any atom is 0.251 e. The maximum absolute atomic E-state index is 12.9. The van der Waals surface area contributed by atoms with Crippen molar-refractivity contribution in [3.05, 3.63) is 63.7 Å². The van der Waals surface area contributed by atoms with Crippen molar-refractivity contribution in [2.75, 3.05) is 39.5 Å². The number of aliphatic hydroxyl groups excluding tert-OH is 1. The van der Waals surface area contributed by atoms with Gasteiger partial charge in [0.05, 0.1) is 24.3 Å². The average Bonchev–Trinajstić information content (AvgIpc) is 3.24. The number of morpholine rings is 1. The molecule has 3 aliphatic rings. The fourth-order valence-corrected chi connectivity index (χ4v) is 5.22. The molecule has 2 atom stereocenters. The Hall–Kier alpha value is -3.02. The van der Waals surface area contributed by atoms with Crippen LogP contribution in [0.15, 0.2) is 36.4 Å². The van der Waals surface area contributed by atoms with Crippen LogP contribution in [0.4, 0.5) is 0 Å². The molecule has 2 unspecified atom stereocenters. The molecule has 3 amide bonds. The first-order valence-electron chi connectivity index (χ1n) is 12.8. The second-order valence-corrected chi connectivity index (χ2v) is 10.1. The number of ether oxygens (including phenoxy) is 2. The zero-order valence-corrected chi connectivity index (χ0v) is 21.7. The van der Waals surface area contributed by atoms with Crippen LogP contribution in [0.5, 0.6) is 5.75 Å². The van der Waals surface area contributed by atoms with Gasteiger partial charge in [-0.1, -0.05) is 29.8 Å². The Balaban J connectivity index is 1.16. The molecule has 0 spiro atoms. The minimum Gasteiger partial charge on any atom is -0.491 e. The first kappa shape index (κ1) is 26.6. The topological polar surface area (TPSA) is 120 Å². The molecular formula is C27H31ClN4O6. The summed E-state index contributed by atoms with van der Waals surface area (Å²) < 4.78 is 11.2. The Morgan fingerprint density at radius 2 is 2.00 bits per heavy atom. The van der Waals surface area contributed by atoms with Crippen LogP contribution in [-0.4, -0.2) is 78.1 Å². The van der Waals surface area contributed by atoms with Crippen molar-refractivity contribution in [2.45, 2.75) is 38.2 Å². The SMILES string of the molecule is O=C1CCC(N2Cc3cc(CNC(=O)c4ccc(Cl)c(OCCN5CCOCC5)c4)ccc3C2O)C(=O)N1. The average molecular weight is 543 g/mol. The molecule has 0 saturated carbocycles. The molecule has 38 heavy (non-hydrogen) atoms. The Labute approximate surface area is 225 Å². The molecule has 11 heteroatoms. The van der Waals surface area contributed by atoms with Gasteiger partial charge in [0, 0.05) is 44.7 Å². The quantitative estimate of drug-likeness (QED) is 0.430. The molecule has 3 N–H and O–H groups in total. The number of benzene rings is 2. The molecule has 5 rings (SSSR count). The molecular weight excluding hydrogens is 512 g/mol. The highest BCUT2D eigenvalue weighted by Crippen LogP contribution is 2.35. The summed E-state index contributed by atoms with van der Waals surface area (Å²) in [5.74, 6) is -0.464. The number of aliphatic hydroxyl groups is 1. The zero-order chi connectivity index (χ0) is 26.6. The number of halogens is 1. The van der Waals surface area contributed by atoms with Crippen LogP contribution in [0, 0.1) is 0 Å². The number of carbonyl (C=O) groups excluding carboxylic acids is 3. The van der Waals surface area contributed by atoms with E-state index in [0.29, 0.717) is 35.9 Å². The van der Waals surface area contributed by atoms with E-state index in [-0.39, 0.29) is 30.7 Å². The van der Waals surface area contributed by atoms with Gasteiger partial charge >= 0.3 is 0 Å². The van der Waals surface area contributed by atoms with Gasteiger partial charge in [-0.25, -0.2) is 0 Å². The van der Waals surface area contributed by atoms with Crippen molar-refractivity contribution in [3.8, 4) is 5.75 Å². The van der Waals surface area contributed by atoms with Crippen molar-refractivity contribution in [1.29, 1.82) is 0 Å². The van der Waals surface area contributed by atoms with Gasteiger partial charge in [-0.2, -0.15) is 0 Å². The van der Waals surface area contributed by atoms with Gasteiger partial charge < -0.3 is 19.9 Å². The van der Waals surface area contributed by atoms with E-state index in [1.807, 2.05) is 18.2 Å². The van der Waals surface area contributed by atoms with Crippen LogP contribution in [0.25, 0.3) is 0 Å². The molecule has 0 aromatic heterocycles. The summed E-state index contributed by atoms with van der Waals surface area (Å²) >= 11 is 6.29. The number of hydrogen-bond acceptors (Lipinski definition) is 8. The van der Waals surface area contributed by atoms with E-state index in [1.54, 1.807) is 23.1 Å². The first-order valence-corrected chi connectivity index (χ1v) is 13.2. The fraction of sp³-hybridized carbons (Fsp3) is 0.444. The highest BCUT2D eigenvalue weighted by Gasteiger charge is 2.39. The van der Waals surface area contributed by atoms with Gasteiger partial charge in [-0.05, 0) is 41.3 Å². The predicted molar refractivity (Wildman–Crippen MR) is 138 cm³/mol. The number of amides is 3. The van der Waals surface area contributed by atoms with Crippen molar-refractivity contribution < 1.29 is 29.0 Å². The summed E-state index contributed by atoms with van der Waals surface area (Å²) in [6.07, 6.45) is -0.301. The van der Waals surface area contributed by atoms with Gasteiger partial charge in [-0.15, -0.1) is 0 Å². The lowest BCUT2D eigenvalue weighted by Crippen LogP contribution is -2.51. The Bertz CT molecular complexity index is 1220. The summed E-state index contributed by atoms with van der Waals surface area (Å²) in [5, 5.41) is 16.5. The van der Waals surface area contributed by atoms with Crippen molar-refractivity contribution in [1.82, 2.24) is 20.4 Å². The molecule has 2 saturated heterocycles. The van der Waals surface area contributed by atoms with Crippen molar-refractivity contribution >= 4 is 29.3 Å². The number of fused-ring (bicyclic) bond motifs is 1. The van der Waals surface area contributed by atoms with E-state index in [9.17, 15) is 19.5 Å². The normalized spacial score (nSPS) is 22.2. The minimum absolute atomic E-state index is 0.249. The molecule has 0 radical (unpaired) electrons. The summed E-state index contributed by atoms with van der Waals surface area (Å²) in [7, 11) is 0. The van der Waals surface area contributed by atoms with Gasteiger partial charge in [0.2, 0.25) is 11.8 Å². The zero-order valence-electron chi connectivity index (χ0n) is 21.0. The molecule has 2 aromatic rings. The number of carbonyl (C=O) groups is 3. The second-order valence-electron chi connectivity index (χ2n) is 9.68. The summed E-state index contributed by atoms with van der Waals surface area (Å²) in [5.41, 5.74) is 2.92. The standard InChI is InChI=1S/C27H31ClN4O6/c28-21-4-2-18(14-23(21)38-12-9-31-7-10-37-11-8-31)25(34)29-15-17-1-3-20-19(13-17)16-32(27(20)36)22-5-6-24(33)30-26(22)35/h1-4,13-14,22,27,36H,5-12,15-16H2,(H,29,34)(H,30,33,35). The van der Waals surface area contributed by atoms with Crippen LogP contribution >= 0.6 is 11.6 Å². The van der Waals surface area contributed by atoms with Gasteiger partial charge in [0.15, 0.2) is 0 Å². The lowest BCUT2D eigenvalue weighted by Gasteiger charge is -2.31. The predicted octanol–water partition coefficient (Wildman–Crippen LogP) is 1.59. The van der Waals surface area contributed by atoms with Crippen LogP contribution < -0.4 is 15.4 Å². The molecule has 0 bridgehead atoms. The number of nitrogens with one attached hydrogen (secondary N) is 2. The molecule has 2 aromatic carbocycles.